The van der Waals surface area contributed by atoms with Crippen LogP contribution in [0.25, 0.3) is 0 Å². The van der Waals surface area contributed by atoms with Crippen molar-refractivity contribution in [1.29, 1.82) is 0 Å². The number of hydrogen-bond acceptors (Lipinski definition) is 3. The molecule has 0 spiro atoms. The van der Waals surface area contributed by atoms with Gasteiger partial charge in [-0.05, 0) is 18.4 Å². The number of nitrogens with zero attached hydrogens (tertiary/aromatic N) is 2. The van der Waals surface area contributed by atoms with Crippen molar-refractivity contribution < 1.29 is 0 Å². The van der Waals surface area contributed by atoms with Crippen molar-refractivity contribution >= 4 is 0 Å². The van der Waals surface area contributed by atoms with Crippen LogP contribution in [0.4, 0.5) is 0 Å². The monoisotopic (exact) mass is 287 g/mol. The molecule has 1 saturated carbocycles. The maximum atomic E-state index is 3.56. The minimum Gasteiger partial charge on any atom is -0.311 e. The van der Waals surface area contributed by atoms with E-state index in [1.165, 1.54) is 64.0 Å². The molecule has 2 fully saturated rings. The molecule has 2 aliphatic rings. The zero-order valence-electron chi connectivity index (χ0n) is 13.1. The fourth-order valence-corrected chi connectivity index (χ4v) is 3.69. The topological polar surface area (TPSA) is 18.5 Å². The summed E-state index contributed by atoms with van der Waals surface area (Å²) in [5, 5.41) is 3.56. The van der Waals surface area contributed by atoms with E-state index in [-0.39, 0.29) is 0 Å². The molecule has 3 nitrogen and oxygen atoms in total. The van der Waals surface area contributed by atoms with Crippen LogP contribution in [0.15, 0.2) is 30.3 Å². The summed E-state index contributed by atoms with van der Waals surface area (Å²) in [4.78, 5) is 5.35. The van der Waals surface area contributed by atoms with Gasteiger partial charge in [0, 0.05) is 51.9 Å². The molecule has 0 bridgehead atoms. The molecule has 0 amide bonds. The Morgan fingerprint density at radius 3 is 2.38 bits per heavy atom. The SMILES string of the molecule is c1ccc(CNCCN2CCN(C3CCCC3)CC2)cc1. The highest BCUT2D eigenvalue weighted by Gasteiger charge is 2.25. The van der Waals surface area contributed by atoms with Crippen LogP contribution in [-0.4, -0.2) is 55.1 Å². The number of piperazine rings is 1. The first kappa shape index (κ1) is 15.0. The largest absolute Gasteiger partial charge is 0.311 e. The molecular weight excluding hydrogens is 258 g/mol. The van der Waals surface area contributed by atoms with E-state index in [4.69, 9.17) is 0 Å². The van der Waals surface area contributed by atoms with Crippen molar-refractivity contribution in [1.82, 2.24) is 15.1 Å². The third-order valence-corrected chi connectivity index (χ3v) is 5.02. The molecule has 0 atom stereocenters. The first-order valence-electron chi connectivity index (χ1n) is 8.63. The van der Waals surface area contributed by atoms with Crippen molar-refractivity contribution in [2.24, 2.45) is 0 Å². The van der Waals surface area contributed by atoms with Gasteiger partial charge in [-0.15, -0.1) is 0 Å². The fourth-order valence-electron chi connectivity index (χ4n) is 3.69. The Kier molecular flexibility index (Phi) is 5.67. The average molecular weight is 287 g/mol. The molecule has 3 rings (SSSR count). The van der Waals surface area contributed by atoms with Crippen LogP contribution in [0.5, 0.6) is 0 Å². The lowest BCUT2D eigenvalue weighted by Gasteiger charge is -2.38. The zero-order chi connectivity index (χ0) is 14.3. The molecule has 1 aromatic rings. The van der Waals surface area contributed by atoms with Crippen molar-refractivity contribution in [2.75, 3.05) is 39.3 Å². The molecule has 1 aromatic carbocycles. The highest BCUT2D eigenvalue weighted by molar-refractivity contribution is 5.14. The molecule has 3 heteroatoms. The lowest BCUT2D eigenvalue weighted by Crippen LogP contribution is -2.50. The van der Waals surface area contributed by atoms with E-state index in [9.17, 15) is 0 Å². The molecule has 1 saturated heterocycles. The van der Waals surface area contributed by atoms with E-state index in [1.807, 2.05) is 0 Å². The highest BCUT2D eigenvalue weighted by Crippen LogP contribution is 2.24. The third-order valence-electron chi connectivity index (χ3n) is 5.02. The maximum absolute atomic E-state index is 3.56. The van der Waals surface area contributed by atoms with Crippen molar-refractivity contribution in [3.63, 3.8) is 0 Å². The van der Waals surface area contributed by atoms with E-state index < -0.39 is 0 Å². The van der Waals surface area contributed by atoms with Crippen LogP contribution >= 0.6 is 0 Å². The summed E-state index contributed by atoms with van der Waals surface area (Å²) >= 11 is 0. The minimum absolute atomic E-state index is 0.906. The molecule has 1 N–H and O–H groups in total. The Morgan fingerprint density at radius 2 is 1.67 bits per heavy atom. The summed E-state index contributed by atoms with van der Waals surface area (Å²) in [7, 11) is 0. The van der Waals surface area contributed by atoms with Gasteiger partial charge in [0.05, 0.1) is 0 Å². The van der Waals surface area contributed by atoms with Gasteiger partial charge in [0.15, 0.2) is 0 Å². The summed E-state index contributed by atoms with van der Waals surface area (Å²) in [6.07, 6.45) is 5.79. The summed E-state index contributed by atoms with van der Waals surface area (Å²) in [6.45, 7) is 8.34. The Bertz CT molecular complexity index is 392. The summed E-state index contributed by atoms with van der Waals surface area (Å²) < 4.78 is 0. The van der Waals surface area contributed by atoms with E-state index in [0.717, 1.165) is 19.1 Å². The first-order valence-corrected chi connectivity index (χ1v) is 8.63. The Hall–Kier alpha value is -0.900. The second kappa shape index (κ2) is 7.92. The van der Waals surface area contributed by atoms with Crippen LogP contribution in [-0.2, 0) is 6.54 Å². The highest BCUT2D eigenvalue weighted by atomic mass is 15.3. The number of nitrogens with one attached hydrogen (secondary N) is 1. The number of benzene rings is 1. The standard InChI is InChI=1S/C18H29N3/c1-2-6-17(7-3-1)16-19-10-11-20-12-14-21(15-13-20)18-8-4-5-9-18/h1-3,6-7,18-19H,4-5,8-16H2. The Labute approximate surface area is 129 Å². The lowest BCUT2D eigenvalue weighted by molar-refractivity contribution is 0.0984. The van der Waals surface area contributed by atoms with Gasteiger partial charge in [0.2, 0.25) is 0 Å². The van der Waals surface area contributed by atoms with Gasteiger partial charge in [-0.1, -0.05) is 43.2 Å². The molecule has 0 unspecified atom stereocenters. The second-order valence-corrected chi connectivity index (χ2v) is 6.48. The van der Waals surface area contributed by atoms with Gasteiger partial charge in [-0.25, -0.2) is 0 Å². The first-order chi connectivity index (χ1) is 10.4. The van der Waals surface area contributed by atoms with Crippen molar-refractivity contribution in [2.45, 2.75) is 38.3 Å². The van der Waals surface area contributed by atoms with Gasteiger partial charge in [-0.3, -0.25) is 9.80 Å². The van der Waals surface area contributed by atoms with Gasteiger partial charge in [0.1, 0.15) is 0 Å². The molecule has 21 heavy (non-hydrogen) atoms. The molecule has 1 heterocycles. The zero-order valence-corrected chi connectivity index (χ0v) is 13.1. The lowest BCUT2D eigenvalue weighted by atomic mass is 10.2. The molecular formula is C18H29N3. The average Bonchev–Trinajstić information content (AvgIpc) is 3.08. The fraction of sp³-hybridized carbons (Fsp3) is 0.667. The molecule has 1 aliphatic heterocycles. The van der Waals surface area contributed by atoms with E-state index in [2.05, 4.69) is 45.4 Å². The molecule has 0 radical (unpaired) electrons. The van der Waals surface area contributed by atoms with Crippen LogP contribution in [0, 0.1) is 0 Å². The summed E-state index contributed by atoms with van der Waals surface area (Å²) in [6, 6.07) is 11.6. The number of hydrogen-bond donors (Lipinski definition) is 1. The molecule has 116 valence electrons. The van der Waals surface area contributed by atoms with Gasteiger partial charge < -0.3 is 5.32 Å². The van der Waals surface area contributed by atoms with Crippen LogP contribution in [0.1, 0.15) is 31.2 Å². The van der Waals surface area contributed by atoms with Crippen molar-refractivity contribution in [3.8, 4) is 0 Å². The van der Waals surface area contributed by atoms with Gasteiger partial charge >= 0.3 is 0 Å². The van der Waals surface area contributed by atoms with Crippen LogP contribution in [0.3, 0.4) is 0 Å². The predicted molar refractivity (Wildman–Crippen MR) is 88.4 cm³/mol. The minimum atomic E-state index is 0.906. The van der Waals surface area contributed by atoms with E-state index in [0.29, 0.717) is 0 Å². The van der Waals surface area contributed by atoms with E-state index in [1.54, 1.807) is 0 Å². The van der Waals surface area contributed by atoms with Gasteiger partial charge in [-0.2, -0.15) is 0 Å². The molecule has 0 aromatic heterocycles. The Balaban J connectivity index is 1.29. The van der Waals surface area contributed by atoms with Gasteiger partial charge in [0.25, 0.3) is 0 Å². The normalized spacial score (nSPS) is 21.9. The quantitative estimate of drug-likeness (QED) is 0.810. The van der Waals surface area contributed by atoms with Crippen LogP contribution < -0.4 is 5.32 Å². The van der Waals surface area contributed by atoms with Crippen LogP contribution in [0.2, 0.25) is 0 Å². The maximum Gasteiger partial charge on any atom is 0.0206 e. The molecule has 1 aliphatic carbocycles. The van der Waals surface area contributed by atoms with E-state index >= 15 is 0 Å². The number of rotatable bonds is 6. The Morgan fingerprint density at radius 1 is 0.952 bits per heavy atom. The third kappa shape index (κ3) is 4.53. The summed E-state index contributed by atoms with van der Waals surface area (Å²) in [5.41, 5.74) is 1.38. The summed E-state index contributed by atoms with van der Waals surface area (Å²) in [5.74, 6) is 0. The second-order valence-electron chi connectivity index (χ2n) is 6.48. The predicted octanol–water partition coefficient (Wildman–Crippen LogP) is 2.34. The van der Waals surface area contributed by atoms with Crippen molar-refractivity contribution in [3.05, 3.63) is 35.9 Å². The smallest absolute Gasteiger partial charge is 0.0206 e.